The number of para-hydroxylation sites is 1. The summed E-state index contributed by atoms with van der Waals surface area (Å²) in [6.45, 7) is 0. The number of rotatable bonds is 4. The second-order valence-electron chi connectivity index (χ2n) is 3.63. The van der Waals surface area contributed by atoms with Crippen LogP contribution in [-0.4, -0.2) is 11.1 Å². The fraction of sp³-hybridized carbons (Fsp3) is 0. The Kier molecular flexibility index (Phi) is 3.76. The number of ether oxygens (including phenoxy) is 1. The lowest BCUT2D eigenvalue weighted by atomic mass is 10.1. The Labute approximate surface area is 105 Å². The van der Waals surface area contributed by atoms with Crippen molar-refractivity contribution in [3.63, 3.8) is 0 Å². The molecule has 0 spiro atoms. The van der Waals surface area contributed by atoms with Gasteiger partial charge >= 0.3 is 5.97 Å². The van der Waals surface area contributed by atoms with Crippen molar-refractivity contribution < 1.29 is 14.6 Å². The average Bonchev–Trinajstić information content (AvgIpc) is 2.41. The van der Waals surface area contributed by atoms with Gasteiger partial charge < -0.3 is 9.84 Å². The van der Waals surface area contributed by atoms with Crippen molar-refractivity contribution in [3.8, 4) is 5.75 Å². The largest absolute Gasteiger partial charge is 0.478 e. The minimum atomic E-state index is -1.02. The first-order valence-electron chi connectivity index (χ1n) is 5.48. The molecule has 0 atom stereocenters. The van der Waals surface area contributed by atoms with Crippen molar-refractivity contribution in [1.29, 1.82) is 0 Å². The second kappa shape index (κ2) is 5.68. The second-order valence-corrected chi connectivity index (χ2v) is 3.63. The van der Waals surface area contributed by atoms with Gasteiger partial charge in [-0.05, 0) is 17.7 Å². The van der Waals surface area contributed by atoms with E-state index in [4.69, 9.17) is 9.84 Å². The van der Waals surface area contributed by atoms with E-state index >= 15 is 0 Å². The number of carbonyl (C=O) groups is 1. The zero-order valence-electron chi connectivity index (χ0n) is 9.61. The van der Waals surface area contributed by atoms with Crippen LogP contribution in [0.1, 0.15) is 5.56 Å². The minimum absolute atomic E-state index is 0.124. The van der Waals surface area contributed by atoms with Crippen LogP contribution in [0.3, 0.4) is 0 Å². The highest BCUT2D eigenvalue weighted by Gasteiger charge is 2.10. The number of carboxylic acids is 1. The topological polar surface area (TPSA) is 46.5 Å². The van der Waals surface area contributed by atoms with Crippen molar-refractivity contribution in [1.82, 2.24) is 0 Å². The molecular weight excluding hydrogens is 228 g/mol. The zero-order chi connectivity index (χ0) is 12.8. The molecule has 90 valence electrons. The molecule has 3 heteroatoms. The van der Waals surface area contributed by atoms with Gasteiger partial charge in [0, 0.05) is 0 Å². The number of hydrogen-bond acceptors (Lipinski definition) is 2. The van der Waals surface area contributed by atoms with Crippen LogP contribution in [0.25, 0.3) is 5.57 Å². The molecule has 0 fully saturated rings. The molecule has 0 aromatic heterocycles. The van der Waals surface area contributed by atoms with Gasteiger partial charge in [-0.25, -0.2) is 4.79 Å². The molecule has 2 rings (SSSR count). The molecule has 3 nitrogen and oxygen atoms in total. The lowest BCUT2D eigenvalue weighted by molar-refractivity contribution is -0.130. The highest BCUT2D eigenvalue weighted by Crippen LogP contribution is 2.16. The summed E-state index contributed by atoms with van der Waals surface area (Å²) >= 11 is 0. The molecule has 2 aromatic carbocycles. The van der Waals surface area contributed by atoms with Crippen molar-refractivity contribution in [2.75, 3.05) is 0 Å². The van der Waals surface area contributed by atoms with Gasteiger partial charge in [0.05, 0.1) is 0 Å². The highest BCUT2D eigenvalue weighted by atomic mass is 16.5. The Morgan fingerprint density at radius 2 is 1.50 bits per heavy atom. The van der Waals surface area contributed by atoms with Gasteiger partial charge in [-0.1, -0.05) is 48.5 Å². The molecule has 0 unspecified atom stereocenters. The van der Waals surface area contributed by atoms with E-state index in [0.717, 1.165) is 0 Å². The molecular formula is C15H12O3. The van der Waals surface area contributed by atoms with Crippen LogP contribution in [0, 0.1) is 0 Å². The van der Waals surface area contributed by atoms with Crippen molar-refractivity contribution in [2.45, 2.75) is 0 Å². The minimum Gasteiger partial charge on any atom is -0.478 e. The third-order valence-corrected chi connectivity index (χ3v) is 2.37. The van der Waals surface area contributed by atoms with Gasteiger partial charge in [-0.15, -0.1) is 0 Å². The zero-order valence-corrected chi connectivity index (χ0v) is 9.61. The molecule has 0 saturated carbocycles. The summed E-state index contributed by atoms with van der Waals surface area (Å²) in [6.07, 6.45) is 1.26. The Bertz CT molecular complexity index is 544. The first-order chi connectivity index (χ1) is 8.77. The maximum atomic E-state index is 11.2. The van der Waals surface area contributed by atoms with Crippen LogP contribution in [0.15, 0.2) is 66.9 Å². The van der Waals surface area contributed by atoms with Crippen LogP contribution in [0.2, 0.25) is 0 Å². The van der Waals surface area contributed by atoms with Gasteiger partial charge in [-0.2, -0.15) is 0 Å². The van der Waals surface area contributed by atoms with Crippen LogP contribution >= 0.6 is 0 Å². The maximum absolute atomic E-state index is 11.2. The fourth-order valence-corrected chi connectivity index (χ4v) is 1.49. The first-order valence-corrected chi connectivity index (χ1v) is 5.48. The molecule has 18 heavy (non-hydrogen) atoms. The smallest absolute Gasteiger partial charge is 0.339 e. The van der Waals surface area contributed by atoms with Crippen LogP contribution < -0.4 is 4.74 Å². The van der Waals surface area contributed by atoms with E-state index in [1.165, 1.54) is 6.26 Å². The molecule has 0 bridgehead atoms. The lowest BCUT2D eigenvalue weighted by Crippen LogP contribution is -2.01. The van der Waals surface area contributed by atoms with Gasteiger partial charge in [0.15, 0.2) is 0 Å². The summed E-state index contributed by atoms with van der Waals surface area (Å²) in [5.41, 5.74) is 0.736. The predicted octanol–water partition coefficient (Wildman–Crippen LogP) is 3.19. The molecule has 0 heterocycles. The Morgan fingerprint density at radius 3 is 2.06 bits per heavy atom. The molecule has 0 aliphatic rings. The molecule has 0 aliphatic carbocycles. The van der Waals surface area contributed by atoms with E-state index < -0.39 is 5.97 Å². The van der Waals surface area contributed by atoms with Crippen LogP contribution in [0.5, 0.6) is 5.75 Å². The summed E-state index contributed by atoms with van der Waals surface area (Å²) in [7, 11) is 0. The Morgan fingerprint density at radius 1 is 0.944 bits per heavy atom. The molecule has 0 aliphatic heterocycles. The summed E-state index contributed by atoms with van der Waals surface area (Å²) in [4.78, 5) is 11.2. The Hall–Kier alpha value is -2.55. The van der Waals surface area contributed by atoms with E-state index in [2.05, 4.69) is 0 Å². The third kappa shape index (κ3) is 2.98. The molecule has 0 radical (unpaired) electrons. The summed E-state index contributed by atoms with van der Waals surface area (Å²) < 4.78 is 5.34. The van der Waals surface area contributed by atoms with Crippen molar-refractivity contribution in [2.24, 2.45) is 0 Å². The van der Waals surface area contributed by atoms with E-state index in [0.29, 0.717) is 11.3 Å². The van der Waals surface area contributed by atoms with Crippen LogP contribution in [-0.2, 0) is 4.79 Å². The summed E-state index contributed by atoms with van der Waals surface area (Å²) in [5.74, 6) is -0.413. The highest BCUT2D eigenvalue weighted by molar-refractivity contribution is 6.15. The summed E-state index contributed by atoms with van der Waals surface area (Å²) in [5, 5.41) is 9.16. The number of hydrogen-bond donors (Lipinski definition) is 1. The van der Waals surface area contributed by atoms with Gasteiger partial charge in [0.1, 0.15) is 17.6 Å². The van der Waals surface area contributed by atoms with E-state index in [9.17, 15) is 4.79 Å². The SMILES string of the molecule is O=C(O)/C(=C\Oc1ccccc1)c1ccccc1. The number of carboxylic acid groups (broad SMARTS) is 1. The fourth-order valence-electron chi connectivity index (χ4n) is 1.49. The predicted molar refractivity (Wildman–Crippen MR) is 69.1 cm³/mol. The summed E-state index contributed by atoms with van der Waals surface area (Å²) in [6, 6.07) is 17.9. The molecule has 2 aromatic rings. The number of aliphatic carboxylic acids is 1. The quantitative estimate of drug-likeness (QED) is 0.659. The standard InChI is InChI=1S/C15H12O3/c16-15(17)14(12-7-3-1-4-8-12)11-18-13-9-5-2-6-10-13/h1-11H,(H,16,17)/b14-11-. The molecule has 0 amide bonds. The number of benzene rings is 2. The van der Waals surface area contributed by atoms with Gasteiger partial charge in [-0.3, -0.25) is 0 Å². The van der Waals surface area contributed by atoms with Crippen molar-refractivity contribution >= 4 is 11.5 Å². The lowest BCUT2D eigenvalue weighted by Gasteiger charge is -2.04. The molecule has 1 N–H and O–H groups in total. The van der Waals surface area contributed by atoms with Crippen LogP contribution in [0.4, 0.5) is 0 Å². The normalized spacial score (nSPS) is 11.0. The van der Waals surface area contributed by atoms with Crippen molar-refractivity contribution in [3.05, 3.63) is 72.5 Å². The Balaban J connectivity index is 2.24. The third-order valence-electron chi connectivity index (χ3n) is 2.37. The van der Waals surface area contributed by atoms with E-state index in [1.54, 1.807) is 36.4 Å². The average molecular weight is 240 g/mol. The first kappa shape index (κ1) is 11.9. The van der Waals surface area contributed by atoms with Gasteiger partial charge in [0.2, 0.25) is 0 Å². The maximum Gasteiger partial charge on any atom is 0.339 e. The molecule has 0 saturated heterocycles. The van der Waals surface area contributed by atoms with E-state index in [1.807, 2.05) is 24.3 Å². The monoisotopic (exact) mass is 240 g/mol. The van der Waals surface area contributed by atoms with E-state index in [-0.39, 0.29) is 5.57 Å². The van der Waals surface area contributed by atoms with Gasteiger partial charge in [0.25, 0.3) is 0 Å².